The normalized spacial score (nSPS) is 12.1. The maximum absolute atomic E-state index is 13.2. The third-order valence-electron chi connectivity index (χ3n) is 6.36. The van der Waals surface area contributed by atoms with Gasteiger partial charge in [0.25, 0.3) is 5.91 Å². The summed E-state index contributed by atoms with van der Waals surface area (Å²) in [6, 6.07) is 25.6. The Morgan fingerprint density at radius 3 is 2.35 bits per heavy atom. The molecule has 5 aromatic rings. The van der Waals surface area contributed by atoms with Crippen LogP contribution in [0.15, 0.2) is 95.9 Å². The first-order chi connectivity index (χ1) is 16.5. The van der Waals surface area contributed by atoms with Crippen molar-refractivity contribution < 1.29 is 14.7 Å². The lowest BCUT2D eigenvalue weighted by Gasteiger charge is -2.17. The third kappa shape index (κ3) is 2.85. The van der Waals surface area contributed by atoms with Gasteiger partial charge in [0.05, 0.1) is 22.5 Å². The molecule has 2 aromatic heterocycles. The van der Waals surface area contributed by atoms with Crippen LogP contribution in [0.4, 0.5) is 0 Å². The summed E-state index contributed by atoms with van der Waals surface area (Å²) >= 11 is 0. The summed E-state index contributed by atoms with van der Waals surface area (Å²) in [5.41, 5.74) is 4.70. The van der Waals surface area contributed by atoms with Crippen LogP contribution in [-0.4, -0.2) is 26.1 Å². The van der Waals surface area contributed by atoms with Crippen LogP contribution in [0.1, 0.15) is 26.3 Å². The number of fused-ring (bicyclic) bond motifs is 4. The molecule has 0 bridgehead atoms. The predicted molar refractivity (Wildman–Crippen MR) is 129 cm³/mol. The molecule has 6 heteroatoms. The number of nitrogens with zero attached hydrogens (tertiary/aromatic N) is 2. The Hall–Kier alpha value is -4.71. The Bertz CT molecular complexity index is 1690. The second-order valence-electron chi connectivity index (χ2n) is 8.27. The van der Waals surface area contributed by atoms with Gasteiger partial charge in [0.1, 0.15) is 5.56 Å². The van der Waals surface area contributed by atoms with Crippen LogP contribution in [0.25, 0.3) is 33.4 Å². The van der Waals surface area contributed by atoms with Gasteiger partial charge in [0.15, 0.2) is 0 Å². The van der Waals surface area contributed by atoms with E-state index in [0.717, 1.165) is 16.6 Å². The average molecular weight is 446 g/mol. The van der Waals surface area contributed by atoms with Gasteiger partial charge >= 0.3 is 5.97 Å². The van der Waals surface area contributed by atoms with Crippen molar-refractivity contribution in [2.45, 2.75) is 6.54 Å². The second kappa shape index (κ2) is 7.42. The number of para-hydroxylation sites is 1. The molecule has 1 aliphatic rings. The molecule has 34 heavy (non-hydrogen) atoms. The zero-order valence-corrected chi connectivity index (χ0v) is 17.9. The molecule has 3 heterocycles. The molecule has 0 radical (unpaired) electrons. The first kappa shape index (κ1) is 19.9. The number of carbonyl (C=O) groups is 2. The topological polar surface area (TPSA) is 81.3 Å². The Morgan fingerprint density at radius 1 is 0.824 bits per heavy atom. The molecule has 0 saturated heterocycles. The highest BCUT2D eigenvalue weighted by Crippen LogP contribution is 2.34. The maximum Gasteiger partial charge on any atom is 0.336 e. The second-order valence-corrected chi connectivity index (χ2v) is 8.27. The fourth-order valence-corrected chi connectivity index (χ4v) is 4.79. The van der Waals surface area contributed by atoms with Crippen LogP contribution in [0.3, 0.4) is 0 Å². The quantitative estimate of drug-likeness (QED) is 0.418. The van der Waals surface area contributed by atoms with Crippen molar-refractivity contribution in [3.63, 3.8) is 0 Å². The SMILES string of the molecule is O=C(O)c1ccccc1-c1ccc(Cn2c3c(c(=O)c4ccccc42)C(=O)n2cccc2-3)cc1. The zero-order chi connectivity index (χ0) is 23.4. The van der Waals surface area contributed by atoms with Crippen LogP contribution in [0.2, 0.25) is 0 Å². The molecule has 0 amide bonds. The molecule has 6 rings (SSSR count). The Labute approximate surface area is 194 Å². The minimum Gasteiger partial charge on any atom is -0.478 e. The van der Waals surface area contributed by atoms with Gasteiger partial charge in [-0.3, -0.25) is 14.2 Å². The molecule has 0 aliphatic carbocycles. The van der Waals surface area contributed by atoms with Crippen molar-refractivity contribution in [1.82, 2.24) is 9.13 Å². The van der Waals surface area contributed by atoms with Gasteiger partial charge in [-0.25, -0.2) is 4.79 Å². The van der Waals surface area contributed by atoms with E-state index in [1.165, 1.54) is 4.57 Å². The van der Waals surface area contributed by atoms with Crippen molar-refractivity contribution in [2.75, 3.05) is 0 Å². The van der Waals surface area contributed by atoms with Gasteiger partial charge in [0.2, 0.25) is 5.43 Å². The van der Waals surface area contributed by atoms with E-state index in [9.17, 15) is 19.5 Å². The van der Waals surface area contributed by atoms with Gasteiger partial charge < -0.3 is 9.67 Å². The molecule has 6 nitrogen and oxygen atoms in total. The molecule has 1 aliphatic heterocycles. The number of carboxylic acid groups (broad SMARTS) is 1. The largest absolute Gasteiger partial charge is 0.478 e. The third-order valence-corrected chi connectivity index (χ3v) is 6.36. The number of aromatic carboxylic acids is 1. The minimum atomic E-state index is -0.970. The van der Waals surface area contributed by atoms with Gasteiger partial charge in [-0.1, -0.05) is 54.6 Å². The minimum absolute atomic E-state index is 0.196. The van der Waals surface area contributed by atoms with Crippen molar-refractivity contribution in [2.24, 2.45) is 0 Å². The molecule has 0 atom stereocenters. The zero-order valence-electron chi connectivity index (χ0n) is 17.9. The molecule has 3 aromatic carbocycles. The summed E-state index contributed by atoms with van der Waals surface area (Å²) < 4.78 is 3.54. The van der Waals surface area contributed by atoms with E-state index < -0.39 is 5.97 Å². The predicted octanol–water partition coefficient (Wildman–Crippen LogP) is 4.89. The Balaban J connectivity index is 1.49. The van der Waals surface area contributed by atoms with Crippen molar-refractivity contribution in [3.8, 4) is 22.5 Å². The molecular weight excluding hydrogens is 428 g/mol. The highest BCUT2D eigenvalue weighted by atomic mass is 16.4. The number of rotatable bonds is 4. The molecule has 164 valence electrons. The Morgan fingerprint density at radius 2 is 1.56 bits per heavy atom. The lowest BCUT2D eigenvalue weighted by molar-refractivity contribution is 0.0697. The number of benzene rings is 3. The molecule has 0 fully saturated rings. The molecule has 0 unspecified atom stereocenters. The number of hydrogen-bond donors (Lipinski definition) is 1. The van der Waals surface area contributed by atoms with Gasteiger partial charge in [-0.05, 0) is 47.0 Å². The van der Waals surface area contributed by atoms with Gasteiger partial charge in [-0.2, -0.15) is 0 Å². The van der Waals surface area contributed by atoms with Crippen LogP contribution in [-0.2, 0) is 6.54 Å². The number of aromatic nitrogens is 2. The highest BCUT2D eigenvalue weighted by molar-refractivity contribution is 6.10. The molecule has 1 N–H and O–H groups in total. The summed E-state index contributed by atoms with van der Waals surface area (Å²) in [7, 11) is 0. The summed E-state index contributed by atoms with van der Waals surface area (Å²) in [4.78, 5) is 37.8. The average Bonchev–Trinajstić information content (AvgIpc) is 3.45. The molecule has 0 spiro atoms. The molecule has 0 saturated carbocycles. The van der Waals surface area contributed by atoms with Crippen LogP contribution >= 0.6 is 0 Å². The first-order valence-electron chi connectivity index (χ1n) is 10.8. The van der Waals surface area contributed by atoms with Gasteiger partial charge in [0, 0.05) is 18.1 Å². The van der Waals surface area contributed by atoms with Crippen LogP contribution in [0, 0.1) is 0 Å². The fourth-order valence-electron chi connectivity index (χ4n) is 4.79. The van der Waals surface area contributed by atoms with Crippen molar-refractivity contribution >= 4 is 22.8 Å². The number of hydrogen-bond acceptors (Lipinski definition) is 3. The van der Waals surface area contributed by atoms with Crippen molar-refractivity contribution in [1.29, 1.82) is 0 Å². The molecular formula is C28H18N2O4. The summed E-state index contributed by atoms with van der Waals surface area (Å²) in [5.74, 6) is -1.28. The van der Waals surface area contributed by atoms with E-state index in [1.807, 2.05) is 53.1 Å². The fraction of sp³-hybridized carbons (Fsp3) is 0.0357. The van der Waals surface area contributed by atoms with Gasteiger partial charge in [-0.15, -0.1) is 0 Å². The van der Waals surface area contributed by atoms with Crippen LogP contribution < -0.4 is 5.43 Å². The van der Waals surface area contributed by atoms with E-state index in [-0.39, 0.29) is 22.5 Å². The number of carbonyl (C=O) groups excluding carboxylic acids is 1. The highest BCUT2D eigenvalue weighted by Gasteiger charge is 2.32. The lowest BCUT2D eigenvalue weighted by Crippen LogP contribution is -2.20. The van der Waals surface area contributed by atoms with Crippen molar-refractivity contribution in [3.05, 3.63) is 118 Å². The number of carboxylic acids is 1. The monoisotopic (exact) mass is 446 g/mol. The smallest absolute Gasteiger partial charge is 0.336 e. The van der Waals surface area contributed by atoms with E-state index in [4.69, 9.17) is 0 Å². The van der Waals surface area contributed by atoms with E-state index in [2.05, 4.69) is 0 Å². The Kier molecular flexibility index (Phi) is 4.35. The van der Waals surface area contributed by atoms with E-state index in [0.29, 0.717) is 28.9 Å². The summed E-state index contributed by atoms with van der Waals surface area (Å²) in [5, 5.41) is 10.0. The standard InChI is InChI=1S/C28H18N2O4/c31-26-21-8-3-4-9-22(21)30(25-23-10-5-15-29(23)27(32)24(25)26)16-17-11-13-18(14-12-17)19-6-1-2-7-20(19)28(33)34/h1-15H,16H2,(H,33,34). The van der Waals surface area contributed by atoms with Crippen LogP contribution in [0.5, 0.6) is 0 Å². The summed E-state index contributed by atoms with van der Waals surface area (Å²) in [6.07, 6.45) is 1.68. The van der Waals surface area contributed by atoms with E-state index in [1.54, 1.807) is 42.6 Å². The van der Waals surface area contributed by atoms with E-state index >= 15 is 0 Å². The summed E-state index contributed by atoms with van der Waals surface area (Å²) in [6.45, 7) is 0.447. The lowest BCUT2D eigenvalue weighted by atomic mass is 9.98. The first-order valence-corrected chi connectivity index (χ1v) is 10.8. The number of pyridine rings is 1. The maximum atomic E-state index is 13.2.